The summed E-state index contributed by atoms with van der Waals surface area (Å²) in [6, 6.07) is 11.5. The maximum absolute atomic E-state index is 15.4. The van der Waals surface area contributed by atoms with Crippen molar-refractivity contribution in [3.8, 4) is 11.5 Å². The van der Waals surface area contributed by atoms with Crippen molar-refractivity contribution in [3.63, 3.8) is 0 Å². The van der Waals surface area contributed by atoms with Crippen LogP contribution in [0.3, 0.4) is 0 Å². The number of ether oxygens (including phenoxy) is 3. The first-order chi connectivity index (χ1) is 12.8. The van der Waals surface area contributed by atoms with Crippen LogP contribution in [0, 0.1) is 0 Å². The van der Waals surface area contributed by atoms with E-state index in [1.807, 2.05) is 0 Å². The zero-order chi connectivity index (χ0) is 19.7. The lowest BCUT2D eigenvalue weighted by molar-refractivity contribution is -0.152. The molecule has 2 aromatic carbocycles. The second-order valence-corrected chi connectivity index (χ2v) is 8.11. The first-order valence-electron chi connectivity index (χ1n) is 8.02. The number of hydrogen-bond acceptors (Lipinski definition) is 5. The molecule has 0 saturated carbocycles. The summed E-state index contributed by atoms with van der Waals surface area (Å²) in [5, 5.41) is 0. The smallest absolute Gasteiger partial charge is 0.325 e. The van der Waals surface area contributed by atoms with Crippen molar-refractivity contribution >= 4 is 33.7 Å². The van der Waals surface area contributed by atoms with Crippen molar-refractivity contribution in [1.82, 2.24) is 0 Å². The van der Waals surface area contributed by atoms with Crippen LogP contribution < -0.4 is 9.47 Å². The van der Waals surface area contributed by atoms with Crippen molar-refractivity contribution in [2.75, 3.05) is 14.2 Å². The minimum absolute atomic E-state index is 0.0642. The van der Waals surface area contributed by atoms with Crippen molar-refractivity contribution in [2.24, 2.45) is 0 Å². The molecular weight excluding hydrogens is 442 g/mol. The molecule has 1 atom stereocenters. The van der Waals surface area contributed by atoms with E-state index in [1.54, 1.807) is 37.4 Å². The Morgan fingerprint density at radius 2 is 1.89 bits per heavy atom. The molecule has 8 heteroatoms. The quantitative estimate of drug-likeness (QED) is 0.561. The lowest BCUT2D eigenvalue weighted by Crippen LogP contribution is -2.45. The molecule has 27 heavy (non-hydrogen) atoms. The molecule has 0 radical (unpaired) electrons. The Kier molecular flexibility index (Phi) is 5.67. The molecule has 1 aliphatic heterocycles. The van der Waals surface area contributed by atoms with E-state index in [4.69, 9.17) is 9.47 Å². The molecule has 1 aliphatic rings. The van der Waals surface area contributed by atoms with Gasteiger partial charge in [0.2, 0.25) is 4.93 Å². The van der Waals surface area contributed by atoms with E-state index >= 15 is 8.78 Å². The van der Waals surface area contributed by atoms with Gasteiger partial charge in [-0.1, -0.05) is 28.1 Å². The highest BCUT2D eigenvalue weighted by atomic mass is 79.9. The second kappa shape index (κ2) is 7.67. The van der Waals surface area contributed by atoms with Crippen molar-refractivity contribution in [2.45, 2.75) is 23.0 Å². The van der Waals surface area contributed by atoms with Gasteiger partial charge < -0.3 is 14.2 Å². The highest BCUT2D eigenvalue weighted by molar-refractivity contribution is 9.10. The highest BCUT2D eigenvalue weighted by Crippen LogP contribution is 2.59. The largest absolute Gasteiger partial charge is 0.497 e. The van der Waals surface area contributed by atoms with Gasteiger partial charge in [-0.2, -0.15) is 8.78 Å². The molecule has 0 N–H and O–H groups in total. The number of thioether (sulfide) groups is 1. The fourth-order valence-electron chi connectivity index (χ4n) is 2.79. The Hall–Kier alpha value is -1.80. The van der Waals surface area contributed by atoms with Crippen LogP contribution >= 0.6 is 27.7 Å². The number of carbonyl (C=O) groups excluding carboxylic acids is 1. The summed E-state index contributed by atoms with van der Waals surface area (Å²) in [4.78, 5) is 9.82. The van der Waals surface area contributed by atoms with E-state index in [-0.39, 0.29) is 17.1 Å². The van der Waals surface area contributed by atoms with E-state index in [9.17, 15) is 4.79 Å². The Bertz CT molecular complexity index is 844. The van der Waals surface area contributed by atoms with Gasteiger partial charge in [-0.15, -0.1) is 11.8 Å². The van der Waals surface area contributed by atoms with Crippen LogP contribution in [-0.2, 0) is 21.2 Å². The van der Waals surface area contributed by atoms with Gasteiger partial charge in [0.05, 0.1) is 19.8 Å². The normalized spacial score (nSPS) is 19.9. The van der Waals surface area contributed by atoms with Crippen LogP contribution in [-0.4, -0.2) is 25.1 Å². The lowest BCUT2D eigenvalue weighted by Gasteiger charge is -2.32. The van der Waals surface area contributed by atoms with Crippen molar-refractivity contribution < 1.29 is 27.8 Å². The van der Waals surface area contributed by atoms with E-state index in [0.29, 0.717) is 10.2 Å². The average molecular weight is 459 g/mol. The lowest BCUT2D eigenvalue weighted by atomic mass is 10.0. The summed E-state index contributed by atoms with van der Waals surface area (Å²) < 4.78 is 46.7. The molecule has 3 rings (SSSR count). The molecular formula is C19H17BrF2O4S. The van der Waals surface area contributed by atoms with Gasteiger partial charge in [0.15, 0.2) is 0 Å². The monoisotopic (exact) mass is 458 g/mol. The third-order valence-corrected chi connectivity index (χ3v) is 6.19. The van der Waals surface area contributed by atoms with E-state index in [1.165, 1.54) is 19.2 Å². The predicted molar refractivity (Wildman–Crippen MR) is 102 cm³/mol. The van der Waals surface area contributed by atoms with Gasteiger partial charge in [-0.3, -0.25) is 4.79 Å². The molecule has 0 spiro atoms. The summed E-state index contributed by atoms with van der Waals surface area (Å²) in [5.74, 6) is -3.17. The standard InChI is InChI=1S/C19H17BrF2O4S/c1-24-14-6-3-12(4-7-14)11-27-18(10-17(23)25-2)19(21,22)15-9-13(20)5-8-16(15)26-18/h3-9H,10-11H2,1-2H3. The third kappa shape index (κ3) is 3.78. The van der Waals surface area contributed by atoms with Crippen molar-refractivity contribution in [3.05, 3.63) is 58.1 Å². The summed E-state index contributed by atoms with van der Waals surface area (Å²) in [6.07, 6.45) is -0.580. The Labute approximate surface area is 168 Å². The maximum atomic E-state index is 15.4. The summed E-state index contributed by atoms with van der Waals surface area (Å²) in [7, 11) is 2.72. The minimum atomic E-state index is -3.38. The summed E-state index contributed by atoms with van der Waals surface area (Å²) in [6.45, 7) is 0. The van der Waals surface area contributed by atoms with Crippen LogP contribution in [0.4, 0.5) is 8.78 Å². The summed E-state index contributed by atoms with van der Waals surface area (Å²) >= 11 is 4.09. The van der Waals surface area contributed by atoms with Gasteiger partial charge in [0.1, 0.15) is 17.9 Å². The third-order valence-electron chi connectivity index (χ3n) is 4.27. The summed E-state index contributed by atoms with van der Waals surface area (Å²) in [5.41, 5.74) is 0.560. The number of esters is 1. The van der Waals surface area contributed by atoms with Gasteiger partial charge >= 0.3 is 11.9 Å². The number of methoxy groups -OCH3 is 2. The van der Waals surface area contributed by atoms with Gasteiger partial charge in [-0.05, 0) is 35.9 Å². The number of benzene rings is 2. The molecule has 0 amide bonds. The first kappa shape index (κ1) is 19.9. The molecule has 0 aromatic heterocycles. The molecule has 1 heterocycles. The van der Waals surface area contributed by atoms with Crippen LogP contribution in [0.2, 0.25) is 0 Å². The minimum Gasteiger partial charge on any atom is -0.497 e. The topological polar surface area (TPSA) is 44.8 Å². The number of rotatable bonds is 6. The number of carbonyl (C=O) groups is 1. The number of hydrogen-bond donors (Lipinski definition) is 0. The SMILES string of the molecule is COC(=O)CC1(SCc2ccc(OC)cc2)Oc2ccc(Br)cc2C1(F)F. The van der Waals surface area contributed by atoms with Gasteiger partial charge in [0.25, 0.3) is 0 Å². The van der Waals surface area contributed by atoms with Crippen LogP contribution in [0.25, 0.3) is 0 Å². The number of fused-ring (bicyclic) bond motifs is 1. The highest BCUT2D eigenvalue weighted by Gasteiger charge is 2.64. The zero-order valence-electron chi connectivity index (χ0n) is 14.6. The second-order valence-electron chi connectivity index (χ2n) is 5.96. The van der Waals surface area contributed by atoms with Gasteiger partial charge in [-0.25, -0.2) is 0 Å². The average Bonchev–Trinajstić information content (AvgIpc) is 2.87. The van der Waals surface area contributed by atoms with E-state index < -0.39 is 23.2 Å². The maximum Gasteiger partial charge on any atom is 0.325 e. The Morgan fingerprint density at radius 3 is 2.52 bits per heavy atom. The molecule has 0 aliphatic carbocycles. The van der Waals surface area contributed by atoms with Crippen LogP contribution in [0.15, 0.2) is 46.9 Å². The van der Waals surface area contributed by atoms with Crippen LogP contribution in [0.5, 0.6) is 11.5 Å². The van der Waals surface area contributed by atoms with E-state index in [0.717, 1.165) is 17.3 Å². The first-order valence-corrected chi connectivity index (χ1v) is 9.80. The fraction of sp³-hybridized carbons (Fsp3) is 0.316. The van der Waals surface area contributed by atoms with Crippen molar-refractivity contribution in [1.29, 1.82) is 0 Å². The number of halogens is 3. The molecule has 1 unspecified atom stereocenters. The van der Waals surface area contributed by atoms with Crippen LogP contribution in [0.1, 0.15) is 17.5 Å². The molecule has 0 saturated heterocycles. The Morgan fingerprint density at radius 1 is 1.19 bits per heavy atom. The molecule has 0 bridgehead atoms. The van der Waals surface area contributed by atoms with E-state index in [2.05, 4.69) is 20.7 Å². The fourth-order valence-corrected chi connectivity index (χ4v) is 4.40. The zero-order valence-corrected chi connectivity index (χ0v) is 17.0. The molecule has 4 nitrogen and oxygen atoms in total. The van der Waals surface area contributed by atoms with Gasteiger partial charge in [0, 0.05) is 10.2 Å². The molecule has 2 aromatic rings. The number of alkyl halides is 2. The predicted octanol–water partition coefficient (Wildman–Crippen LogP) is 5.13. The molecule has 0 fully saturated rings. The molecule has 144 valence electrons. The Balaban J connectivity index is 1.92.